The molecule has 42 heavy (non-hydrogen) atoms. The van der Waals surface area contributed by atoms with Gasteiger partial charge in [-0.25, -0.2) is 14.8 Å². The Morgan fingerprint density at radius 1 is 0.976 bits per heavy atom. The summed E-state index contributed by atoms with van der Waals surface area (Å²) in [6.07, 6.45) is 0.570. The summed E-state index contributed by atoms with van der Waals surface area (Å²) in [6, 6.07) is 22.0. The molecule has 1 N–H and O–H groups in total. The summed E-state index contributed by atoms with van der Waals surface area (Å²) in [4.78, 5) is 35.2. The lowest BCUT2D eigenvalue weighted by molar-refractivity contribution is -0.138. The van der Waals surface area contributed by atoms with Crippen LogP contribution in [0, 0.1) is 6.92 Å². The van der Waals surface area contributed by atoms with E-state index < -0.39 is 18.6 Å². The number of hydrogen-bond acceptors (Lipinski definition) is 7. The number of methoxy groups -OCH3 is 1. The van der Waals surface area contributed by atoms with Crippen LogP contribution in [0.1, 0.15) is 29.8 Å². The van der Waals surface area contributed by atoms with Gasteiger partial charge < -0.3 is 23.6 Å². The maximum atomic E-state index is 12.9. The van der Waals surface area contributed by atoms with Crippen LogP contribution in [0.25, 0.3) is 22.5 Å². The Morgan fingerprint density at radius 3 is 2.40 bits per heavy atom. The molecular formula is C32H32N4O6. The van der Waals surface area contributed by atoms with Gasteiger partial charge in [0.1, 0.15) is 29.6 Å². The Hall–Kier alpha value is -5.12. The number of benzene rings is 3. The number of aryl methyl sites for hydroxylation is 4. The van der Waals surface area contributed by atoms with Crippen molar-refractivity contribution in [3.05, 3.63) is 95.6 Å². The second-order valence-corrected chi connectivity index (χ2v) is 9.78. The summed E-state index contributed by atoms with van der Waals surface area (Å²) in [5.74, 6) is 2.07. The Balaban J connectivity index is 1.32. The van der Waals surface area contributed by atoms with Crippen molar-refractivity contribution >= 4 is 23.1 Å². The van der Waals surface area contributed by atoms with Crippen LogP contribution < -0.4 is 9.47 Å². The van der Waals surface area contributed by atoms with Crippen molar-refractivity contribution < 1.29 is 28.6 Å². The van der Waals surface area contributed by atoms with E-state index in [1.807, 2.05) is 55.5 Å². The van der Waals surface area contributed by atoms with E-state index >= 15 is 0 Å². The van der Waals surface area contributed by atoms with Gasteiger partial charge in [-0.05, 0) is 67.9 Å². The first kappa shape index (κ1) is 28.4. The summed E-state index contributed by atoms with van der Waals surface area (Å²) in [6.45, 7) is 4.26. The highest BCUT2D eigenvalue weighted by Gasteiger charge is 2.21. The Labute approximate surface area is 243 Å². The molecule has 0 atom stereocenters. The number of aliphatic carboxylic acids is 1. The fourth-order valence-electron chi connectivity index (χ4n) is 4.84. The third-order valence-corrected chi connectivity index (χ3v) is 6.93. The molecule has 1 amide bonds. The van der Waals surface area contributed by atoms with Gasteiger partial charge in [-0.1, -0.05) is 24.3 Å². The van der Waals surface area contributed by atoms with E-state index in [-0.39, 0.29) is 12.3 Å². The van der Waals surface area contributed by atoms with E-state index in [0.717, 1.165) is 50.9 Å². The molecule has 5 aromatic rings. The summed E-state index contributed by atoms with van der Waals surface area (Å²) in [7, 11) is 1.54. The third-order valence-electron chi connectivity index (χ3n) is 6.93. The second-order valence-electron chi connectivity index (χ2n) is 9.78. The van der Waals surface area contributed by atoms with Crippen LogP contribution in [-0.4, -0.2) is 50.3 Å². The van der Waals surface area contributed by atoms with Gasteiger partial charge in [0.15, 0.2) is 0 Å². The van der Waals surface area contributed by atoms with Crippen LogP contribution in [0.2, 0.25) is 0 Å². The topological polar surface area (TPSA) is 120 Å². The van der Waals surface area contributed by atoms with Crippen LogP contribution in [0.4, 0.5) is 4.79 Å². The molecule has 10 nitrogen and oxygen atoms in total. The molecule has 0 unspecified atom stereocenters. The highest BCUT2D eigenvalue weighted by atomic mass is 16.6. The number of hydrogen-bond donors (Lipinski definition) is 1. The molecule has 0 fully saturated rings. The maximum absolute atomic E-state index is 12.9. The molecule has 0 aliphatic rings. The van der Waals surface area contributed by atoms with Crippen molar-refractivity contribution in [1.82, 2.24) is 19.4 Å². The maximum Gasteiger partial charge on any atom is 0.416 e. The number of oxazole rings is 1. The number of fused-ring (bicyclic) bond motifs is 1. The Morgan fingerprint density at radius 2 is 1.71 bits per heavy atom. The largest absolute Gasteiger partial charge is 0.497 e. The fourth-order valence-corrected chi connectivity index (χ4v) is 4.84. The number of carboxylic acid groups (broad SMARTS) is 1. The van der Waals surface area contributed by atoms with Gasteiger partial charge >= 0.3 is 12.1 Å². The predicted octanol–water partition coefficient (Wildman–Crippen LogP) is 5.90. The first-order chi connectivity index (χ1) is 20.3. The van der Waals surface area contributed by atoms with Crippen molar-refractivity contribution in [1.29, 1.82) is 0 Å². The minimum absolute atomic E-state index is 0.0476. The first-order valence-electron chi connectivity index (χ1n) is 13.7. The zero-order valence-corrected chi connectivity index (χ0v) is 23.7. The highest BCUT2D eigenvalue weighted by molar-refractivity contribution is 5.79. The molecule has 10 heteroatoms. The van der Waals surface area contributed by atoms with Crippen molar-refractivity contribution in [2.24, 2.45) is 0 Å². The van der Waals surface area contributed by atoms with E-state index in [2.05, 4.69) is 11.5 Å². The molecule has 3 aromatic carbocycles. The molecule has 2 aromatic heterocycles. The lowest BCUT2D eigenvalue weighted by atomic mass is 10.2. The smallest absolute Gasteiger partial charge is 0.416 e. The normalized spacial score (nSPS) is 11.0. The molecule has 0 saturated heterocycles. The highest BCUT2D eigenvalue weighted by Crippen LogP contribution is 2.25. The van der Waals surface area contributed by atoms with E-state index in [1.54, 1.807) is 24.3 Å². The lowest BCUT2D eigenvalue weighted by Crippen LogP contribution is -2.37. The van der Waals surface area contributed by atoms with Gasteiger partial charge in [0.2, 0.25) is 5.89 Å². The molecule has 0 bridgehead atoms. The number of imidazole rings is 1. The molecule has 0 radical (unpaired) electrons. The molecule has 216 valence electrons. The molecule has 2 heterocycles. The average Bonchev–Trinajstić information content (AvgIpc) is 3.55. The summed E-state index contributed by atoms with van der Waals surface area (Å²) in [5, 5.41) is 9.43. The molecule has 0 aliphatic carbocycles. The molecule has 0 spiro atoms. The summed E-state index contributed by atoms with van der Waals surface area (Å²) in [5.41, 5.74) is 4.30. The van der Waals surface area contributed by atoms with Crippen molar-refractivity contribution in [2.75, 3.05) is 13.7 Å². The lowest BCUT2D eigenvalue weighted by Gasteiger charge is -2.20. The SMILES string of the molecule is CCn1c(CCc2nc(-c3ccccc3)oc2C)nc2cc(CN(CC(=O)O)C(=O)Oc3ccc(OC)cc3)ccc21. The van der Waals surface area contributed by atoms with Gasteiger partial charge in [-0.2, -0.15) is 0 Å². The van der Waals surface area contributed by atoms with Gasteiger partial charge in [0.05, 0.1) is 23.8 Å². The quantitative estimate of drug-likeness (QED) is 0.209. The van der Waals surface area contributed by atoms with E-state index in [9.17, 15) is 14.7 Å². The van der Waals surface area contributed by atoms with Gasteiger partial charge in [0, 0.05) is 31.5 Å². The van der Waals surface area contributed by atoms with Crippen molar-refractivity contribution in [3.8, 4) is 23.0 Å². The zero-order valence-electron chi connectivity index (χ0n) is 23.7. The van der Waals surface area contributed by atoms with E-state index in [0.29, 0.717) is 24.5 Å². The Kier molecular flexibility index (Phi) is 8.52. The Bertz CT molecular complexity index is 1690. The third kappa shape index (κ3) is 6.43. The predicted molar refractivity (Wildman–Crippen MR) is 157 cm³/mol. The molecular weight excluding hydrogens is 536 g/mol. The van der Waals surface area contributed by atoms with Crippen LogP contribution in [-0.2, 0) is 30.7 Å². The number of ether oxygens (including phenoxy) is 2. The number of rotatable bonds is 11. The number of nitrogens with zero attached hydrogens (tertiary/aromatic N) is 4. The molecule has 0 saturated carbocycles. The van der Waals surface area contributed by atoms with Crippen molar-refractivity contribution in [2.45, 2.75) is 39.8 Å². The van der Waals surface area contributed by atoms with Gasteiger partial charge in [0.25, 0.3) is 0 Å². The van der Waals surface area contributed by atoms with Gasteiger partial charge in [-0.15, -0.1) is 0 Å². The summed E-state index contributed by atoms with van der Waals surface area (Å²) >= 11 is 0. The van der Waals surface area contributed by atoms with Crippen LogP contribution >= 0.6 is 0 Å². The van der Waals surface area contributed by atoms with Crippen LogP contribution in [0.3, 0.4) is 0 Å². The number of carbonyl (C=O) groups excluding carboxylic acids is 1. The van der Waals surface area contributed by atoms with Crippen LogP contribution in [0.15, 0.2) is 77.2 Å². The monoisotopic (exact) mass is 568 g/mol. The number of carbonyl (C=O) groups is 2. The molecule has 0 aliphatic heterocycles. The van der Waals surface area contributed by atoms with E-state index in [4.69, 9.17) is 23.9 Å². The van der Waals surface area contributed by atoms with Crippen LogP contribution in [0.5, 0.6) is 11.5 Å². The average molecular weight is 569 g/mol. The minimum atomic E-state index is -1.14. The van der Waals surface area contributed by atoms with Gasteiger partial charge in [-0.3, -0.25) is 9.69 Å². The minimum Gasteiger partial charge on any atom is -0.497 e. The zero-order chi connectivity index (χ0) is 29.6. The standard InChI is InChI=1S/C32H32N4O6/c1-4-36-28-16-10-22(19-35(20-30(37)38)32(39)42-25-13-11-24(40-3)12-14-25)18-27(28)33-29(36)17-15-26-21(2)41-31(34-26)23-8-6-5-7-9-23/h5-14,16,18H,4,15,17,19-20H2,1-3H3,(H,37,38). The van der Waals surface area contributed by atoms with Crippen molar-refractivity contribution in [3.63, 3.8) is 0 Å². The molecule has 5 rings (SSSR count). The van der Waals surface area contributed by atoms with E-state index in [1.165, 1.54) is 7.11 Å². The summed E-state index contributed by atoms with van der Waals surface area (Å²) < 4.78 is 18.6. The number of carboxylic acids is 1. The second kappa shape index (κ2) is 12.6. The number of aromatic nitrogens is 3. The first-order valence-corrected chi connectivity index (χ1v) is 13.7. The fraction of sp³-hybridized carbons (Fsp3) is 0.250. The number of amides is 1.